The van der Waals surface area contributed by atoms with Crippen LogP contribution in [0, 0.1) is 5.92 Å². The fourth-order valence-electron chi connectivity index (χ4n) is 4.14. The van der Waals surface area contributed by atoms with E-state index in [1.165, 1.54) is 0 Å². The standard InChI is InChI=1S/C21H25N5O3/c1-14(15-9-21(27)22-10-15)29-20-8-16(12-26-19(20)2-5-23-26)17-11-24-25(13-17)18-3-6-28-7-4-18/h2,5,8,11-15,18H,3-4,6-7,9-10H2,1H3,(H,22,27)/t14-,15-/m1/s1. The Morgan fingerprint density at radius 3 is 2.90 bits per heavy atom. The molecular formula is C21H25N5O3. The summed E-state index contributed by atoms with van der Waals surface area (Å²) in [7, 11) is 0. The van der Waals surface area contributed by atoms with E-state index in [2.05, 4.69) is 21.7 Å². The molecule has 2 aliphatic rings. The van der Waals surface area contributed by atoms with E-state index in [0.717, 1.165) is 48.4 Å². The first-order chi connectivity index (χ1) is 14.2. The fraction of sp³-hybridized carbons (Fsp3) is 0.476. The predicted molar refractivity (Wildman–Crippen MR) is 107 cm³/mol. The van der Waals surface area contributed by atoms with Gasteiger partial charge >= 0.3 is 0 Å². The number of amides is 1. The van der Waals surface area contributed by atoms with E-state index in [-0.39, 0.29) is 17.9 Å². The van der Waals surface area contributed by atoms with Crippen molar-refractivity contribution in [3.8, 4) is 16.9 Å². The van der Waals surface area contributed by atoms with Gasteiger partial charge in [0.1, 0.15) is 17.4 Å². The van der Waals surface area contributed by atoms with Gasteiger partial charge in [-0.05, 0) is 31.9 Å². The van der Waals surface area contributed by atoms with Crippen LogP contribution >= 0.6 is 0 Å². The van der Waals surface area contributed by atoms with Crippen LogP contribution in [0.2, 0.25) is 0 Å². The molecule has 0 unspecified atom stereocenters. The van der Waals surface area contributed by atoms with Gasteiger partial charge in [0, 0.05) is 55.6 Å². The van der Waals surface area contributed by atoms with Crippen molar-refractivity contribution in [3.63, 3.8) is 0 Å². The third-order valence-corrected chi connectivity index (χ3v) is 5.96. The Bertz CT molecular complexity index is 1020. The lowest BCUT2D eigenvalue weighted by molar-refractivity contribution is -0.119. The molecule has 0 spiro atoms. The van der Waals surface area contributed by atoms with Crippen molar-refractivity contribution in [1.29, 1.82) is 0 Å². The van der Waals surface area contributed by atoms with Gasteiger partial charge in [-0.3, -0.25) is 9.48 Å². The molecule has 0 radical (unpaired) electrons. The summed E-state index contributed by atoms with van der Waals surface area (Å²) in [6.07, 6.45) is 10.2. The van der Waals surface area contributed by atoms with Gasteiger partial charge in [-0.25, -0.2) is 4.52 Å². The molecule has 29 heavy (non-hydrogen) atoms. The molecule has 5 heterocycles. The van der Waals surface area contributed by atoms with Gasteiger partial charge in [-0.1, -0.05) is 0 Å². The fourth-order valence-corrected chi connectivity index (χ4v) is 4.14. The molecule has 2 atom stereocenters. The Labute approximate surface area is 168 Å². The molecule has 5 rings (SSSR count). The van der Waals surface area contributed by atoms with E-state index in [1.807, 2.05) is 40.6 Å². The maximum Gasteiger partial charge on any atom is 0.220 e. The molecule has 152 valence electrons. The number of fused-ring (bicyclic) bond motifs is 1. The van der Waals surface area contributed by atoms with Crippen LogP contribution in [0.4, 0.5) is 0 Å². The third kappa shape index (κ3) is 3.60. The quantitative estimate of drug-likeness (QED) is 0.718. The second-order valence-electron chi connectivity index (χ2n) is 7.90. The molecule has 8 heteroatoms. The van der Waals surface area contributed by atoms with Crippen molar-refractivity contribution in [3.05, 3.63) is 36.9 Å². The third-order valence-electron chi connectivity index (χ3n) is 5.96. The number of nitrogens with zero attached hydrogens (tertiary/aromatic N) is 4. The zero-order valence-corrected chi connectivity index (χ0v) is 16.5. The van der Waals surface area contributed by atoms with Crippen molar-refractivity contribution in [2.24, 2.45) is 5.92 Å². The lowest BCUT2D eigenvalue weighted by Crippen LogP contribution is -2.25. The van der Waals surface area contributed by atoms with Gasteiger partial charge in [-0.15, -0.1) is 0 Å². The number of aromatic nitrogens is 4. The first-order valence-electron chi connectivity index (χ1n) is 10.2. The number of rotatable bonds is 5. The summed E-state index contributed by atoms with van der Waals surface area (Å²) in [5, 5.41) is 11.9. The first kappa shape index (κ1) is 18.2. The highest BCUT2D eigenvalue weighted by atomic mass is 16.5. The van der Waals surface area contributed by atoms with Crippen LogP contribution in [0.5, 0.6) is 5.75 Å². The Balaban J connectivity index is 1.43. The Hall–Kier alpha value is -2.87. The van der Waals surface area contributed by atoms with Crippen LogP contribution in [0.1, 0.15) is 32.2 Å². The molecule has 2 aliphatic heterocycles. The largest absolute Gasteiger partial charge is 0.488 e. The highest BCUT2D eigenvalue weighted by Gasteiger charge is 2.28. The monoisotopic (exact) mass is 395 g/mol. The Kier molecular flexibility index (Phi) is 4.71. The first-order valence-corrected chi connectivity index (χ1v) is 10.2. The number of ether oxygens (including phenoxy) is 2. The molecule has 1 N–H and O–H groups in total. The van der Waals surface area contributed by atoms with E-state index in [9.17, 15) is 4.79 Å². The second-order valence-corrected chi connectivity index (χ2v) is 7.90. The van der Waals surface area contributed by atoms with Gasteiger partial charge in [0.15, 0.2) is 0 Å². The summed E-state index contributed by atoms with van der Waals surface area (Å²) < 4.78 is 15.6. The van der Waals surface area contributed by atoms with Crippen LogP contribution in [0.3, 0.4) is 0 Å². The van der Waals surface area contributed by atoms with Gasteiger partial charge in [0.2, 0.25) is 5.91 Å². The second kappa shape index (κ2) is 7.51. The van der Waals surface area contributed by atoms with E-state index in [1.54, 1.807) is 6.20 Å². The topological polar surface area (TPSA) is 82.7 Å². The minimum absolute atomic E-state index is 0.0761. The molecule has 3 aromatic rings. The average Bonchev–Trinajstić information content (AvgIpc) is 3.49. The molecule has 0 aliphatic carbocycles. The van der Waals surface area contributed by atoms with Gasteiger partial charge in [0.05, 0.1) is 18.4 Å². The summed E-state index contributed by atoms with van der Waals surface area (Å²) in [6, 6.07) is 4.37. The van der Waals surface area contributed by atoms with Crippen molar-refractivity contribution in [2.45, 2.75) is 38.3 Å². The molecular weight excluding hydrogens is 370 g/mol. The number of hydrogen-bond acceptors (Lipinski definition) is 5. The van der Waals surface area contributed by atoms with Crippen LogP contribution in [0.25, 0.3) is 16.6 Å². The van der Waals surface area contributed by atoms with Gasteiger partial charge < -0.3 is 14.8 Å². The summed E-state index contributed by atoms with van der Waals surface area (Å²) in [6.45, 7) is 4.25. The SMILES string of the molecule is C[C@@H](Oc1cc(-c2cnn(C3CCOCC3)c2)cn2nccc12)[C@H]1CNC(=O)C1. The smallest absolute Gasteiger partial charge is 0.220 e. The lowest BCUT2D eigenvalue weighted by Gasteiger charge is -2.22. The number of carbonyl (C=O) groups excluding carboxylic acids is 1. The predicted octanol–water partition coefficient (Wildman–Crippen LogP) is 2.45. The normalized spacial score (nSPS) is 21.4. The van der Waals surface area contributed by atoms with Gasteiger partial charge in [-0.2, -0.15) is 10.2 Å². The van der Waals surface area contributed by atoms with Crippen LogP contribution in [0.15, 0.2) is 36.9 Å². The molecule has 3 aromatic heterocycles. The molecule has 1 amide bonds. The maximum atomic E-state index is 11.6. The maximum absolute atomic E-state index is 11.6. The summed E-state index contributed by atoms with van der Waals surface area (Å²) in [5.41, 5.74) is 2.95. The van der Waals surface area contributed by atoms with E-state index in [0.29, 0.717) is 19.0 Å². The van der Waals surface area contributed by atoms with Gasteiger partial charge in [0.25, 0.3) is 0 Å². The van der Waals surface area contributed by atoms with Crippen LogP contribution in [-0.4, -0.2) is 51.2 Å². The highest BCUT2D eigenvalue weighted by molar-refractivity contribution is 5.78. The summed E-state index contributed by atoms with van der Waals surface area (Å²) in [5.74, 6) is 1.03. The summed E-state index contributed by atoms with van der Waals surface area (Å²) in [4.78, 5) is 11.6. The van der Waals surface area contributed by atoms with Crippen LogP contribution in [-0.2, 0) is 9.53 Å². The van der Waals surface area contributed by atoms with Crippen molar-refractivity contribution in [2.75, 3.05) is 19.8 Å². The Morgan fingerprint density at radius 1 is 1.24 bits per heavy atom. The minimum atomic E-state index is -0.0761. The molecule has 8 nitrogen and oxygen atoms in total. The zero-order valence-electron chi connectivity index (χ0n) is 16.5. The summed E-state index contributed by atoms with van der Waals surface area (Å²) >= 11 is 0. The molecule has 2 fully saturated rings. The molecule has 0 bridgehead atoms. The average molecular weight is 395 g/mol. The number of pyridine rings is 1. The number of nitrogens with one attached hydrogen (secondary N) is 1. The zero-order chi connectivity index (χ0) is 19.8. The Morgan fingerprint density at radius 2 is 2.10 bits per heavy atom. The van der Waals surface area contributed by atoms with Crippen molar-refractivity contribution >= 4 is 11.4 Å². The molecule has 0 aromatic carbocycles. The number of carbonyl (C=O) groups is 1. The van der Waals surface area contributed by atoms with Crippen molar-refractivity contribution < 1.29 is 14.3 Å². The molecule has 2 saturated heterocycles. The molecule has 0 saturated carbocycles. The van der Waals surface area contributed by atoms with Crippen molar-refractivity contribution in [1.82, 2.24) is 24.7 Å². The minimum Gasteiger partial charge on any atom is -0.488 e. The number of hydrogen-bond donors (Lipinski definition) is 1. The van der Waals surface area contributed by atoms with Crippen LogP contribution < -0.4 is 10.1 Å². The van der Waals surface area contributed by atoms with E-state index < -0.39 is 0 Å². The van der Waals surface area contributed by atoms with E-state index >= 15 is 0 Å². The van der Waals surface area contributed by atoms with E-state index in [4.69, 9.17) is 9.47 Å². The highest BCUT2D eigenvalue weighted by Crippen LogP contribution is 2.31. The lowest BCUT2D eigenvalue weighted by atomic mass is 10.0.